The van der Waals surface area contributed by atoms with E-state index in [1.807, 2.05) is 37.3 Å². The van der Waals surface area contributed by atoms with E-state index in [9.17, 15) is 4.79 Å². The third-order valence-electron chi connectivity index (χ3n) is 4.03. The molecule has 3 rings (SSSR count). The second kappa shape index (κ2) is 7.61. The molecular weight excluding hydrogens is 350 g/mol. The molecule has 0 saturated heterocycles. The Morgan fingerprint density at radius 3 is 2.58 bits per heavy atom. The van der Waals surface area contributed by atoms with Gasteiger partial charge >= 0.3 is 6.03 Å². The van der Waals surface area contributed by atoms with Gasteiger partial charge in [-0.15, -0.1) is 11.3 Å². The van der Waals surface area contributed by atoms with Crippen molar-refractivity contribution < 1.29 is 14.3 Å². The van der Waals surface area contributed by atoms with Gasteiger partial charge in [-0.05, 0) is 30.7 Å². The fraction of sp³-hybridized carbons (Fsp3) is 0.263. The predicted octanol–water partition coefficient (Wildman–Crippen LogP) is 4.29. The fourth-order valence-corrected chi connectivity index (χ4v) is 3.61. The van der Waals surface area contributed by atoms with Crippen molar-refractivity contribution in [2.75, 3.05) is 26.6 Å². The molecule has 3 aromatic rings. The van der Waals surface area contributed by atoms with Crippen LogP contribution < -0.4 is 14.8 Å². The molecule has 136 valence electrons. The molecule has 0 aliphatic rings. The van der Waals surface area contributed by atoms with Crippen LogP contribution in [-0.4, -0.2) is 37.2 Å². The molecule has 0 fully saturated rings. The number of urea groups is 1. The van der Waals surface area contributed by atoms with Gasteiger partial charge in [0.05, 0.1) is 31.0 Å². The van der Waals surface area contributed by atoms with Gasteiger partial charge in [0, 0.05) is 18.8 Å². The first-order valence-electron chi connectivity index (χ1n) is 8.11. The van der Waals surface area contributed by atoms with E-state index in [-0.39, 0.29) is 6.03 Å². The number of hydrogen-bond donors (Lipinski definition) is 1. The van der Waals surface area contributed by atoms with Crippen LogP contribution >= 0.6 is 11.3 Å². The van der Waals surface area contributed by atoms with E-state index in [1.165, 1.54) is 0 Å². The summed E-state index contributed by atoms with van der Waals surface area (Å²) < 4.78 is 11.7. The molecule has 6 nitrogen and oxygen atoms in total. The Bertz CT molecular complexity index is 906. The maximum absolute atomic E-state index is 12.6. The largest absolute Gasteiger partial charge is 0.493 e. The molecule has 0 aliphatic heterocycles. The second-order valence-electron chi connectivity index (χ2n) is 5.88. The number of rotatable bonds is 5. The van der Waals surface area contributed by atoms with Crippen LogP contribution in [0.5, 0.6) is 11.5 Å². The van der Waals surface area contributed by atoms with Gasteiger partial charge in [-0.25, -0.2) is 9.78 Å². The number of aryl methyl sites for hydroxylation is 1. The first-order chi connectivity index (χ1) is 12.5. The van der Waals surface area contributed by atoms with Crippen LogP contribution in [0.3, 0.4) is 0 Å². The zero-order chi connectivity index (χ0) is 18.7. The number of fused-ring (bicyclic) bond motifs is 1. The van der Waals surface area contributed by atoms with E-state index in [4.69, 9.17) is 9.47 Å². The van der Waals surface area contributed by atoms with E-state index in [0.29, 0.717) is 23.7 Å². The molecule has 0 atom stereocenters. The lowest BCUT2D eigenvalue weighted by molar-refractivity contribution is 0.220. The smallest absolute Gasteiger partial charge is 0.321 e. The number of thiazole rings is 1. The van der Waals surface area contributed by atoms with E-state index < -0.39 is 0 Å². The molecule has 1 heterocycles. The lowest BCUT2D eigenvalue weighted by Crippen LogP contribution is -2.31. The quantitative estimate of drug-likeness (QED) is 0.727. The zero-order valence-electron chi connectivity index (χ0n) is 15.2. The first-order valence-corrected chi connectivity index (χ1v) is 8.92. The summed E-state index contributed by atoms with van der Waals surface area (Å²) in [6.45, 7) is 2.35. The van der Waals surface area contributed by atoms with Crippen molar-refractivity contribution in [3.8, 4) is 11.5 Å². The Balaban J connectivity index is 1.72. The van der Waals surface area contributed by atoms with Gasteiger partial charge in [0.15, 0.2) is 11.5 Å². The molecule has 0 radical (unpaired) electrons. The van der Waals surface area contributed by atoms with Crippen molar-refractivity contribution in [2.45, 2.75) is 13.5 Å². The maximum Gasteiger partial charge on any atom is 0.321 e. The minimum absolute atomic E-state index is 0.209. The Kier molecular flexibility index (Phi) is 5.27. The Morgan fingerprint density at radius 2 is 1.88 bits per heavy atom. The zero-order valence-corrected chi connectivity index (χ0v) is 16.0. The lowest BCUT2D eigenvalue weighted by Gasteiger charge is -2.19. The minimum Gasteiger partial charge on any atom is -0.493 e. The van der Waals surface area contributed by atoms with E-state index in [1.54, 1.807) is 43.6 Å². The second-order valence-corrected chi connectivity index (χ2v) is 7.00. The summed E-state index contributed by atoms with van der Waals surface area (Å²) in [7, 11) is 4.90. The summed E-state index contributed by atoms with van der Waals surface area (Å²) in [4.78, 5) is 18.7. The number of ether oxygens (including phenoxy) is 2. The van der Waals surface area contributed by atoms with Crippen LogP contribution in [0.4, 0.5) is 10.5 Å². The molecule has 2 amide bonds. The molecule has 0 spiro atoms. The lowest BCUT2D eigenvalue weighted by atomic mass is 10.1. The molecule has 0 unspecified atom stereocenters. The van der Waals surface area contributed by atoms with Crippen LogP contribution in [0.2, 0.25) is 0 Å². The third-order valence-corrected chi connectivity index (χ3v) is 5.05. The van der Waals surface area contributed by atoms with Crippen molar-refractivity contribution >= 4 is 33.3 Å². The molecule has 1 aromatic heterocycles. The number of carbonyl (C=O) groups is 1. The highest BCUT2D eigenvalue weighted by molar-refractivity contribution is 7.18. The number of benzene rings is 2. The standard InChI is InChI=1S/C19H21N3O3S/c1-12-9-15(24-3)16(25-4)10-14(12)21-19(23)22(2)11-18-20-13-7-5-6-8-17(13)26-18/h5-10H,11H2,1-4H3,(H,21,23). The van der Waals surface area contributed by atoms with Crippen molar-refractivity contribution in [3.63, 3.8) is 0 Å². The Labute approximate surface area is 156 Å². The number of para-hydroxylation sites is 1. The predicted molar refractivity (Wildman–Crippen MR) is 104 cm³/mol. The topological polar surface area (TPSA) is 63.7 Å². The van der Waals surface area contributed by atoms with E-state index >= 15 is 0 Å². The van der Waals surface area contributed by atoms with E-state index in [0.717, 1.165) is 20.8 Å². The average molecular weight is 371 g/mol. The summed E-state index contributed by atoms with van der Waals surface area (Å²) in [6, 6.07) is 11.3. The number of anilines is 1. The van der Waals surface area contributed by atoms with Crippen LogP contribution in [0.1, 0.15) is 10.6 Å². The summed E-state index contributed by atoms with van der Waals surface area (Å²) in [5.74, 6) is 1.20. The monoisotopic (exact) mass is 371 g/mol. The molecule has 0 bridgehead atoms. The summed E-state index contributed by atoms with van der Waals surface area (Å²) >= 11 is 1.59. The highest BCUT2D eigenvalue weighted by atomic mass is 32.1. The van der Waals surface area contributed by atoms with Crippen molar-refractivity contribution in [1.82, 2.24) is 9.88 Å². The number of aromatic nitrogens is 1. The van der Waals surface area contributed by atoms with Gasteiger partial charge in [-0.3, -0.25) is 0 Å². The SMILES string of the molecule is COc1cc(C)c(NC(=O)N(C)Cc2nc3ccccc3s2)cc1OC. The average Bonchev–Trinajstić information content (AvgIpc) is 3.05. The van der Waals surface area contributed by atoms with Crippen LogP contribution in [-0.2, 0) is 6.54 Å². The Morgan fingerprint density at radius 1 is 1.19 bits per heavy atom. The fourth-order valence-electron chi connectivity index (χ4n) is 2.59. The van der Waals surface area contributed by atoms with Gasteiger partial charge in [-0.1, -0.05) is 12.1 Å². The molecule has 1 N–H and O–H groups in total. The van der Waals surface area contributed by atoms with Crippen LogP contribution in [0, 0.1) is 6.92 Å². The van der Waals surface area contributed by atoms with Crippen molar-refractivity contribution in [1.29, 1.82) is 0 Å². The van der Waals surface area contributed by atoms with Gasteiger partial charge in [0.1, 0.15) is 5.01 Å². The Hall–Kier alpha value is -2.80. The maximum atomic E-state index is 12.6. The van der Waals surface area contributed by atoms with Crippen LogP contribution in [0.25, 0.3) is 10.2 Å². The molecule has 7 heteroatoms. The van der Waals surface area contributed by atoms with Crippen LogP contribution in [0.15, 0.2) is 36.4 Å². The number of nitrogens with zero attached hydrogens (tertiary/aromatic N) is 2. The normalized spacial score (nSPS) is 10.6. The number of hydrogen-bond acceptors (Lipinski definition) is 5. The highest BCUT2D eigenvalue weighted by Gasteiger charge is 2.15. The van der Waals surface area contributed by atoms with Gasteiger partial charge < -0.3 is 19.7 Å². The molecule has 0 aliphatic carbocycles. The van der Waals surface area contributed by atoms with Crippen molar-refractivity contribution in [2.24, 2.45) is 0 Å². The summed E-state index contributed by atoms with van der Waals surface area (Å²) in [5, 5.41) is 3.81. The number of carbonyl (C=O) groups excluding carboxylic acids is 1. The van der Waals surface area contributed by atoms with E-state index in [2.05, 4.69) is 10.3 Å². The number of methoxy groups -OCH3 is 2. The summed E-state index contributed by atoms with van der Waals surface area (Å²) in [5.41, 5.74) is 2.53. The third kappa shape index (κ3) is 3.72. The first kappa shape index (κ1) is 18.0. The highest BCUT2D eigenvalue weighted by Crippen LogP contribution is 2.33. The number of nitrogens with one attached hydrogen (secondary N) is 1. The summed E-state index contributed by atoms with van der Waals surface area (Å²) in [6.07, 6.45) is 0. The number of amides is 2. The molecule has 2 aromatic carbocycles. The van der Waals surface area contributed by atoms with Gasteiger partial charge in [0.25, 0.3) is 0 Å². The molecular formula is C19H21N3O3S. The van der Waals surface area contributed by atoms with Gasteiger partial charge in [0.2, 0.25) is 0 Å². The van der Waals surface area contributed by atoms with Crippen molar-refractivity contribution in [3.05, 3.63) is 47.0 Å². The minimum atomic E-state index is -0.209. The van der Waals surface area contributed by atoms with Gasteiger partial charge in [-0.2, -0.15) is 0 Å². The molecule has 26 heavy (non-hydrogen) atoms. The molecule has 0 saturated carbocycles.